The summed E-state index contributed by atoms with van der Waals surface area (Å²) in [6, 6.07) is 0. The third-order valence-electron chi connectivity index (χ3n) is 1.90. The van der Waals surface area contributed by atoms with Gasteiger partial charge in [-0.25, -0.2) is 4.68 Å². The lowest BCUT2D eigenvalue weighted by molar-refractivity contribution is 0.136. The number of hydrogen-bond acceptors (Lipinski definition) is 3. The van der Waals surface area contributed by atoms with Crippen LogP contribution in [0.3, 0.4) is 0 Å². The highest BCUT2D eigenvalue weighted by atomic mass is 35.5. The molecule has 0 aliphatic heterocycles. The molecule has 0 bridgehead atoms. The molecule has 1 atom stereocenters. The van der Waals surface area contributed by atoms with Gasteiger partial charge < -0.3 is 4.74 Å². The van der Waals surface area contributed by atoms with Gasteiger partial charge in [0.15, 0.2) is 0 Å². The third kappa shape index (κ3) is 3.27. The topological polar surface area (TPSA) is 39.9 Å². The molecule has 0 saturated carbocycles. The summed E-state index contributed by atoms with van der Waals surface area (Å²) in [5.74, 6) is 0. The second-order valence-electron chi connectivity index (χ2n) is 2.98. The van der Waals surface area contributed by atoms with Gasteiger partial charge in [-0.15, -0.1) is 16.7 Å². The minimum absolute atomic E-state index is 0.0316. The van der Waals surface area contributed by atoms with Gasteiger partial charge in [-0.3, -0.25) is 0 Å². The van der Waals surface area contributed by atoms with Crippen molar-refractivity contribution in [1.29, 1.82) is 0 Å². The number of alkyl halides is 1. The maximum absolute atomic E-state index is 6.02. The molecule has 4 nitrogen and oxygen atoms in total. The highest BCUT2D eigenvalue weighted by Gasteiger charge is 2.09. The highest BCUT2D eigenvalue weighted by molar-refractivity contribution is 6.20. The van der Waals surface area contributed by atoms with E-state index in [0.29, 0.717) is 6.61 Å². The fraction of sp³-hybridized carbons (Fsp3) is 0.778. The first-order valence-corrected chi connectivity index (χ1v) is 5.33. The summed E-state index contributed by atoms with van der Waals surface area (Å²) < 4.78 is 6.97. The Hall–Kier alpha value is -0.610. The van der Waals surface area contributed by atoms with Crippen LogP contribution in [0.25, 0.3) is 0 Å². The lowest BCUT2D eigenvalue weighted by atomic mass is 10.3. The summed E-state index contributed by atoms with van der Waals surface area (Å²) in [7, 11) is 0. The van der Waals surface area contributed by atoms with Crippen LogP contribution >= 0.6 is 11.6 Å². The molecule has 0 aliphatic carbocycles. The van der Waals surface area contributed by atoms with E-state index in [4.69, 9.17) is 16.3 Å². The molecule has 80 valence electrons. The summed E-state index contributed by atoms with van der Waals surface area (Å²) in [5, 5.41) is 7.92. The molecule has 1 aromatic rings. The summed E-state index contributed by atoms with van der Waals surface area (Å²) >= 11 is 6.02. The van der Waals surface area contributed by atoms with Crippen LogP contribution in [0.4, 0.5) is 0 Å². The molecule has 0 spiro atoms. The standard InChI is InChI=1S/C9H16ClN3O/c1-3-8(10)9-7-13(12-11-9)5-6-14-4-2/h7-8H,3-6H2,1-2H3. The zero-order valence-corrected chi connectivity index (χ0v) is 9.37. The van der Waals surface area contributed by atoms with Crippen molar-refractivity contribution < 1.29 is 4.74 Å². The molecule has 14 heavy (non-hydrogen) atoms. The lowest BCUT2D eigenvalue weighted by Gasteiger charge is -2.00. The molecule has 1 aromatic heterocycles. The molecular weight excluding hydrogens is 202 g/mol. The van der Waals surface area contributed by atoms with Gasteiger partial charge in [-0.05, 0) is 13.3 Å². The van der Waals surface area contributed by atoms with Crippen LogP contribution < -0.4 is 0 Å². The smallest absolute Gasteiger partial charge is 0.100 e. The van der Waals surface area contributed by atoms with Crippen molar-refractivity contribution in [3.05, 3.63) is 11.9 Å². The van der Waals surface area contributed by atoms with Gasteiger partial charge >= 0.3 is 0 Å². The van der Waals surface area contributed by atoms with Gasteiger partial charge in [-0.1, -0.05) is 12.1 Å². The minimum atomic E-state index is -0.0316. The van der Waals surface area contributed by atoms with Gasteiger partial charge in [0.2, 0.25) is 0 Å². The number of aromatic nitrogens is 3. The van der Waals surface area contributed by atoms with Gasteiger partial charge in [0.05, 0.1) is 24.7 Å². The number of hydrogen-bond donors (Lipinski definition) is 0. The quantitative estimate of drug-likeness (QED) is 0.541. The molecule has 0 radical (unpaired) electrons. The van der Waals surface area contributed by atoms with Crippen LogP contribution in [0.2, 0.25) is 0 Å². The maximum atomic E-state index is 6.02. The Kier molecular flexibility index (Phi) is 4.90. The van der Waals surface area contributed by atoms with Crippen LogP contribution in [-0.4, -0.2) is 28.2 Å². The average Bonchev–Trinajstić information content (AvgIpc) is 2.66. The third-order valence-corrected chi connectivity index (χ3v) is 2.44. The number of ether oxygens (including phenoxy) is 1. The first-order valence-electron chi connectivity index (χ1n) is 4.89. The van der Waals surface area contributed by atoms with Crippen molar-refractivity contribution in [2.24, 2.45) is 0 Å². The van der Waals surface area contributed by atoms with E-state index in [1.807, 2.05) is 20.0 Å². The summed E-state index contributed by atoms with van der Waals surface area (Å²) in [6.07, 6.45) is 2.74. The van der Waals surface area contributed by atoms with Crippen molar-refractivity contribution in [3.8, 4) is 0 Å². The monoisotopic (exact) mass is 217 g/mol. The fourth-order valence-corrected chi connectivity index (χ4v) is 1.18. The van der Waals surface area contributed by atoms with Crippen LogP contribution in [0, 0.1) is 0 Å². The second-order valence-corrected chi connectivity index (χ2v) is 3.51. The minimum Gasteiger partial charge on any atom is -0.380 e. The number of rotatable bonds is 6. The first-order chi connectivity index (χ1) is 6.77. The molecule has 1 rings (SSSR count). The molecule has 0 aliphatic rings. The Labute approximate surface area is 89.2 Å². The SMILES string of the molecule is CCOCCn1cc(C(Cl)CC)nn1. The molecule has 0 saturated heterocycles. The van der Waals surface area contributed by atoms with Crippen molar-refractivity contribution >= 4 is 11.6 Å². The van der Waals surface area contributed by atoms with Crippen LogP contribution in [-0.2, 0) is 11.3 Å². The first kappa shape index (κ1) is 11.5. The molecule has 1 unspecified atom stereocenters. The number of nitrogens with zero attached hydrogens (tertiary/aromatic N) is 3. The van der Waals surface area contributed by atoms with Crippen LogP contribution in [0.5, 0.6) is 0 Å². The van der Waals surface area contributed by atoms with Gasteiger partial charge in [0.1, 0.15) is 5.69 Å². The van der Waals surface area contributed by atoms with Crippen molar-refractivity contribution in [2.45, 2.75) is 32.2 Å². The normalized spacial score (nSPS) is 13.1. The molecule has 0 N–H and O–H groups in total. The van der Waals surface area contributed by atoms with Crippen LogP contribution in [0.1, 0.15) is 31.3 Å². The predicted molar refractivity (Wildman–Crippen MR) is 55.4 cm³/mol. The zero-order valence-electron chi connectivity index (χ0n) is 8.61. The fourth-order valence-electron chi connectivity index (χ4n) is 1.08. The Morgan fingerprint density at radius 1 is 1.57 bits per heavy atom. The van der Waals surface area contributed by atoms with Gasteiger partial charge in [-0.2, -0.15) is 0 Å². The predicted octanol–water partition coefficient (Wildman–Crippen LogP) is 2.00. The molecule has 0 aromatic carbocycles. The van der Waals surface area contributed by atoms with E-state index in [1.54, 1.807) is 4.68 Å². The molecule has 0 fully saturated rings. The van der Waals surface area contributed by atoms with Crippen molar-refractivity contribution in [3.63, 3.8) is 0 Å². The van der Waals surface area contributed by atoms with E-state index in [9.17, 15) is 0 Å². The molecule has 5 heteroatoms. The van der Waals surface area contributed by atoms with Crippen molar-refractivity contribution in [1.82, 2.24) is 15.0 Å². The highest BCUT2D eigenvalue weighted by Crippen LogP contribution is 2.20. The van der Waals surface area contributed by atoms with E-state index in [1.165, 1.54) is 0 Å². The van der Waals surface area contributed by atoms with Gasteiger partial charge in [0, 0.05) is 6.61 Å². The maximum Gasteiger partial charge on any atom is 0.100 e. The van der Waals surface area contributed by atoms with E-state index in [-0.39, 0.29) is 5.38 Å². The molecular formula is C9H16ClN3O. The Morgan fingerprint density at radius 2 is 2.36 bits per heavy atom. The zero-order chi connectivity index (χ0) is 10.4. The molecule has 1 heterocycles. The largest absolute Gasteiger partial charge is 0.380 e. The molecule has 0 amide bonds. The summed E-state index contributed by atoms with van der Waals surface area (Å²) in [5.41, 5.74) is 0.839. The van der Waals surface area contributed by atoms with Gasteiger partial charge in [0.25, 0.3) is 0 Å². The summed E-state index contributed by atoms with van der Waals surface area (Å²) in [6.45, 7) is 6.12. The second kappa shape index (κ2) is 5.98. The van der Waals surface area contributed by atoms with Crippen molar-refractivity contribution in [2.75, 3.05) is 13.2 Å². The summed E-state index contributed by atoms with van der Waals surface area (Å²) in [4.78, 5) is 0. The Morgan fingerprint density at radius 3 is 3.00 bits per heavy atom. The lowest BCUT2D eigenvalue weighted by Crippen LogP contribution is -2.06. The number of halogens is 1. The van der Waals surface area contributed by atoms with E-state index >= 15 is 0 Å². The van der Waals surface area contributed by atoms with E-state index in [2.05, 4.69) is 10.3 Å². The van der Waals surface area contributed by atoms with E-state index < -0.39 is 0 Å². The Bertz CT molecular complexity index is 264. The van der Waals surface area contributed by atoms with Crippen LogP contribution in [0.15, 0.2) is 6.20 Å². The van der Waals surface area contributed by atoms with E-state index in [0.717, 1.165) is 25.3 Å². The Balaban J connectivity index is 2.42. The average molecular weight is 218 g/mol.